The molecule has 1 aliphatic rings. The van der Waals surface area contributed by atoms with Gasteiger partial charge >= 0.3 is 0 Å². The Balaban J connectivity index is 0.000000243. The van der Waals surface area contributed by atoms with E-state index < -0.39 is 0 Å². The predicted molar refractivity (Wildman–Crippen MR) is 132 cm³/mol. The minimum absolute atomic E-state index is 0.122. The van der Waals surface area contributed by atoms with Gasteiger partial charge in [-0.1, -0.05) is 41.4 Å². The molecule has 6 heteroatoms. The number of halogens is 1. The van der Waals surface area contributed by atoms with Crippen molar-refractivity contribution in [3.05, 3.63) is 94.1 Å². The van der Waals surface area contributed by atoms with E-state index in [2.05, 4.69) is 11.9 Å². The van der Waals surface area contributed by atoms with Crippen LogP contribution < -0.4 is 9.47 Å². The van der Waals surface area contributed by atoms with Gasteiger partial charge in [0.1, 0.15) is 11.5 Å². The monoisotopic (exact) mass is 462 g/mol. The summed E-state index contributed by atoms with van der Waals surface area (Å²) in [6.07, 6.45) is 1.75. The first-order valence-electron chi connectivity index (χ1n) is 10.8. The SMILES string of the molecule is COc1ccc(C)cc1.COc1ccc([C@H]2c3[nH]c4ccc(Cl)cc4c3CCN2C=O)cc1. The Bertz CT molecular complexity index is 1230. The summed E-state index contributed by atoms with van der Waals surface area (Å²) in [5, 5.41) is 1.87. The highest BCUT2D eigenvalue weighted by molar-refractivity contribution is 6.31. The largest absolute Gasteiger partial charge is 0.497 e. The zero-order chi connectivity index (χ0) is 23.4. The van der Waals surface area contributed by atoms with Crippen LogP contribution in [0.2, 0.25) is 5.02 Å². The summed E-state index contributed by atoms with van der Waals surface area (Å²) in [4.78, 5) is 16.9. The highest BCUT2D eigenvalue weighted by Gasteiger charge is 2.30. The van der Waals surface area contributed by atoms with Crippen molar-refractivity contribution in [3.8, 4) is 11.5 Å². The molecular formula is C27H27ClN2O3. The first-order valence-corrected chi connectivity index (χ1v) is 11.2. The number of hydrogen-bond donors (Lipinski definition) is 1. The van der Waals surface area contributed by atoms with Crippen molar-refractivity contribution in [3.63, 3.8) is 0 Å². The molecule has 2 heterocycles. The summed E-state index contributed by atoms with van der Waals surface area (Å²) in [6, 6.07) is 21.6. The highest BCUT2D eigenvalue weighted by atomic mass is 35.5. The van der Waals surface area contributed by atoms with Gasteiger partial charge in [-0.2, -0.15) is 0 Å². The number of aromatic amines is 1. The molecule has 5 rings (SSSR count). The lowest BCUT2D eigenvalue weighted by Crippen LogP contribution is -2.34. The van der Waals surface area contributed by atoms with Crippen LogP contribution in [0.5, 0.6) is 11.5 Å². The number of hydrogen-bond acceptors (Lipinski definition) is 3. The van der Waals surface area contributed by atoms with Crippen molar-refractivity contribution in [1.82, 2.24) is 9.88 Å². The van der Waals surface area contributed by atoms with Crippen LogP contribution in [0.25, 0.3) is 10.9 Å². The molecule has 170 valence electrons. The molecule has 0 unspecified atom stereocenters. The van der Waals surface area contributed by atoms with E-state index >= 15 is 0 Å². The van der Waals surface area contributed by atoms with E-state index in [1.807, 2.05) is 71.6 Å². The van der Waals surface area contributed by atoms with Crippen LogP contribution in [0.1, 0.15) is 28.4 Å². The number of amides is 1. The molecule has 0 spiro atoms. The van der Waals surface area contributed by atoms with Crippen LogP contribution in [0.3, 0.4) is 0 Å². The standard InChI is InChI=1S/C19H17ClN2O2.C8H10O/c1-24-14-5-2-12(3-6-14)19-18-15(8-9-22(19)11-23)16-10-13(20)4-7-17(16)21-18;1-7-3-5-8(9-2)6-4-7/h2-7,10-11,19,21H,8-9H2,1H3;3-6H,1-2H3/t19-;/m0./s1. The lowest BCUT2D eigenvalue weighted by Gasteiger charge is -2.33. The maximum Gasteiger partial charge on any atom is 0.210 e. The van der Waals surface area contributed by atoms with E-state index in [4.69, 9.17) is 21.1 Å². The maximum atomic E-state index is 11.6. The van der Waals surface area contributed by atoms with Crippen LogP contribution in [0.15, 0.2) is 66.7 Å². The van der Waals surface area contributed by atoms with Crippen molar-refractivity contribution in [2.24, 2.45) is 0 Å². The topological polar surface area (TPSA) is 54.6 Å². The molecule has 1 aromatic heterocycles. The molecule has 0 bridgehead atoms. The van der Waals surface area contributed by atoms with Gasteiger partial charge < -0.3 is 19.4 Å². The molecule has 5 nitrogen and oxygen atoms in total. The number of fused-ring (bicyclic) bond motifs is 3. The highest BCUT2D eigenvalue weighted by Crippen LogP contribution is 2.38. The summed E-state index contributed by atoms with van der Waals surface area (Å²) in [5.41, 5.74) is 5.68. The molecule has 0 saturated carbocycles. The molecule has 0 radical (unpaired) electrons. The average molecular weight is 463 g/mol. The van der Waals surface area contributed by atoms with Crippen LogP contribution in [-0.4, -0.2) is 37.1 Å². The molecule has 4 aromatic rings. The minimum Gasteiger partial charge on any atom is -0.497 e. The normalized spacial score (nSPS) is 14.8. The summed E-state index contributed by atoms with van der Waals surface area (Å²) >= 11 is 6.17. The van der Waals surface area contributed by atoms with Gasteiger partial charge in [-0.25, -0.2) is 0 Å². The van der Waals surface area contributed by atoms with E-state index in [9.17, 15) is 4.79 Å². The fraction of sp³-hybridized carbons (Fsp3) is 0.222. The maximum absolute atomic E-state index is 11.6. The molecule has 33 heavy (non-hydrogen) atoms. The van der Waals surface area contributed by atoms with E-state index in [-0.39, 0.29) is 6.04 Å². The summed E-state index contributed by atoms with van der Waals surface area (Å²) in [5.74, 6) is 1.72. The number of aryl methyl sites for hydroxylation is 1. The second-order valence-electron chi connectivity index (χ2n) is 7.99. The number of methoxy groups -OCH3 is 2. The molecule has 0 saturated heterocycles. The Morgan fingerprint density at radius 3 is 2.21 bits per heavy atom. The van der Waals surface area contributed by atoms with Crippen LogP contribution in [-0.2, 0) is 11.2 Å². The number of H-pyrrole nitrogens is 1. The van der Waals surface area contributed by atoms with Gasteiger partial charge in [0.25, 0.3) is 0 Å². The van der Waals surface area contributed by atoms with Crippen LogP contribution in [0.4, 0.5) is 0 Å². The Labute approximate surface area is 198 Å². The molecule has 0 fully saturated rings. The van der Waals surface area contributed by atoms with Gasteiger partial charge in [-0.3, -0.25) is 4.79 Å². The van der Waals surface area contributed by atoms with Gasteiger partial charge in [0.2, 0.25) is 6.41 Å². The Morgan fingerprint density at radius 1 is 0.970 bits per heavy atom. The number of carbonyl (C=O) groups excluding carboxylic acids is 1. The number of benzene rings is 3. The van der Waals surface area contributed by atoms with Gasteiger partial charge in [0, 0.05) is 28.2 Å². The average Bonchev–Trinajstić information content (AvgIpc) is 3.22. The van der Waals surface area contributed by atoms with E-state index in [0.29, 0.717) is 6.54 Å². The van der Waals surface area contributed by atoms with E-state index in [0.717, 1.165) is 51.5 Å². The smallest absolute Gasteiger partial charge is 0.210 e. The number of ether oxygens (including phenoxy) is 2. The van der Waals surface area contributed by atoms with Crippen LogP contribution in [0, 0.1) is 6.92 Å². The Morgan fingerprint density at radius 2 is 1.61 bits per heavy atom. The third kappa shape index (κ3) is 4.83. The molecule has 1 aliphatic heterocycles. The minimum atomic E-state index is -0.122. The van der Waals surface area contributed by atoms with E-state index in [1.54, 1.807) is 14.2 Å². The summed E-state index contributed by atoms with van der Waals surface area (Å²) in [6.45, 7) is 2.74. The number of rotatable bonds is 4. The van der Waals surface area contributed by atoms with Gasteiger partial charge in [-0.05, 0) is 66.9 Å². The number of carbonyl (C=O) groups is 1. The number of nitrogens with one attached hydrogen (secondary N) is 1. The van der Waals surface area contributed by atoms with Crippen molar-refractivity contribution in [2.45, 2.75) is 19.4 Å². The zero-order valence-electron chi connectivity index (χ0n) is 19.0. The van der Waals surface area contributed by atoms with Gasteiger partial charge in [0.05, 0.1) is 20.3 Å². The first kappa shape index (κ1) is 22.7. The van der Waals surface area contributed by atoms with Crippen LogP contribution >= 0.6 is 11.6 Å². The fourth-order valence-electron chi connectivity index (χ4n) is 4.21. The number of aromatic nitrogens is 1. The molecule has 0 aliphatic carbocycles. The Kier molecular flexibility index (Phi) is 6.90. The quantitative estimate of drug-likeness (QED) is 0.382. The zero-order valence-corrected chi connectivity index (χ0v) is 19.7. The van der Waals surface area contributed by atoms with Crippen molar-refractivity contribution < 1.29 is 14.3 Å². The van der Waals surface area contributed by atoms with Crippen molar-refractivity contribution >= 4 is 28.9 Å². The van der Waals surface area contributed by atoms with Gasteiger partial charge in [-0.15, -0.1) is 0 Å². The third-order valence-electron chi connectivity index (χ3n) is 5.95. The molecular weight excluding hydrogens is 436 g/mol. The first-order chi connectivity index (χ1) is 16.0. The predicted octanol–water partition coefficient (Wildman–Crippen LogP) is 5.94. The molecule has 1 N–H and O–H groups in total. The molecule has 3 aromatic carbocycles. The fourth-order valence-corrected chi connectivity index (χ4v) is 4.38. The van der Waals surface area contributed by atoms with Gasteiger partial charge in [0.15, 0.2) is 0 Å². The summed E-state index contributed by atoms with van der Waals surface area (Å²) in [7, 11) is 3.32. The Hall–Kier alpha value is -3.44. The third-order valence-corrected chi connectivity index (χ3v) is 6.18. The van der Waals surface area contributed by atoms with Crippen molar-refractivity contribution in [2.75, 3.05) is 20.8 Å². The van der Waals surface area contributed by atoms with E-state index in [1.165, 1.54) is 11.1 Å². The molecule has 1 amide bonds. The second-order valence-corrected chi connectivity index (χ2v) is 8.43. The lowest BCUT2D eigenvalue weighted by atomic mass is 9.93. The molecule has 1 atom stereocenters. The lowest BCUT2D eigenvalue weighted by molar-refractivity contribution is -0.120. The van der Waals surface area contributed by atoms with Crippen molar-refractivity contribution in [1.29, 1.82) is 0 Å². The second kappa shape index (κ2) is 10.0. The number of nitrogens with zero attached hydrogens (tertiary/aromatic N) is 1. The summed E-state index contributed by atoms with van der Waals surface area (Å²) < 4.78 is 10.2.